The lowest BCUT2D eigenvalue weighted by Gasteiger charge is -2.12. The van der Waals surface area contributed by atoms with Gasteiger partial charge < -0.3 is 14.8 Å². The molecular formula is C16H21N3O2. The van der Waals surface area contributed by atoms with Crippen molar-refractivity contribution in [2.45, 2.75) is 39.5 Å². The highest BCUT2D eigenvalue weighted by molar-refractivity contribution is 5.50. The maximum absolute atomic E-state index is 5.82. The Morgan fingerprint density at radius 2 is 2.33 bits per heavy atom. The number of nitrogens with zero attached hydrogens (tertiary/aromatic N) is 2. The highest BCUT2D eigenvalue weighted by Gasteiger charge is 2.21. The summed E-state index contributed by atoms with van der Waals surface area (Å²) >= 11 is 0. The molecule has 1 aliphatic heterocycles. The topological polar surface area (TPSA) is 48.3 Å². The van der Waals surface area contributed by atoms with Crippen LogP contribution in [-0.2, 0) is 19.5 Å². The van der Waals surface area contributed by atoms with E-state index in [0.29, 0.717) is 6.54 Å². The van der Waals surface area contributed by atoms with Crippen molar-refractivity contribution in [3.05, 3.63) is 35.7 Å². The van der Waals surface area contributed by atoms with Crippen LogP contribution in [0.2, 0.25) is 0 Å². The third-order valence-electron chi connectivity index (χ3n) is 3.74. The molecule has 0 fully saturated rings. The Bertz CT molecular complexity index is 636. The van der Waals surface area contributed by atoms with Crippen molar-refractivity contribution in [3.8, 4) is 11.5 Å². The van der Waals surface area contributed by atoms with Crippen LogP contribution < -0.4 is 14.8 Å². The maximum Gasteiger partial charge on any atom is 0.124 e. The minimum atomic E-state index is 0.246. The Kier molecular flexibility index (Phi) is 3.73. The average Bonchev–Trinajstić information content (AvgIpc) is 3.08. The number of hydrogen-bond donors (Lipinski definition) is 1. The van der Waals surface area contributed by atoms with Crippen LogP contribution in [0.4, 0.5) is 5.69 Å². The molecule has 0 spiro atoms. The summed E-state index contributed by atoms with van der Waals surface area (Å²) in [7, 11) is 1.71. The molecule has 2 aromatic rings. The molecule has 1 aromatic carbocycles. The van der Waals surface area contributed by atoms with Crippen molar-refractivity contribution >= 4 is 5.69 Å². The van der Waals surface area contributed by atoms with Gasteiger partial charge in [-0.2, -0.15) is 5.10 Å². The number of rotatable bonds is 5. The summed E-state index contributed by atoms with van der Waals surface area (Å²) in [5.74, 6) is 1.88. The molecule has 1 aliphatic rings. The van der Waals surface area contributed by atoms with E-state index >= 15 is 0 Å². The number of aryl methyl sites for hydroxylation is 1. The Hall–Kier alpha value is -2.17. The van der Waals surface area contributed by atoms with Crippen LogP contribution >= 0.6 is 0 Å². The molecule has 1 unspecified atom stereocenters. The first-order chi connectivity index (χ1) is 10.2. The molecular weight excluding hydrogens is 266 g/mol. The lowest BCUT2D eigenvalue weighted by atomic mass is 10.1. The van der Waals surface area contributed by atoms with Gasteiger partial charge in [-0.1, -0.05) is 0 Å². The summed E-state index contributed by atoms with van der Waals surface area (Å²) in [6.45, 7) is 5.71. The van der Waals surface area contributed by atoms with Crippen LogP contribution in [0.25, 0.3) is 0 Å². The molecule has 3 rings (SSSR count). The van der Waals surface area contributed by atoms with Gasteiger partial charge in [0.05, 0.1) is 19.0 Å². The third kappa shape index (κ3) is 2.82. The number of fused-ring (bicyclic) bond motifs is 1. The van der Waals surface area contributed by atoms with Gasteiger partial charge in [0.25, 0.3) is 0 Å². The number of benzene rings is 1. The number of ether oxygens (including phenoxy) is 2. The molecule has 21 heavy (non-hydrogen) atoms. The Morgan fingerprint density at radius 3 is 3.05 bits per heavy atom. The quantitative estimate of drug-likeness (QED) is 0.918. The van der Waals surface area contributed by atoms with E-state index in [9.17, 15) is 0 Å². The van der Waals surface area contributed by atoms with Crippen LogP contribution in [0.15, 0.2) is 24.5 Å². The van der Waals surface area contributed by atoms with Crippen molar-refractivity contribution < 1.29 is 9.47 Å². The summed E-state index contributed by atoms with van der Waals surface area (Å²) in [4.78, 5) is 0. The van der Waals surface area contributed by atoms with Crippen LogP contribution in [-0.4, -0.2) is 23.0 Å². The van der Waals surface area contributed by atoms with Gasteiger partial charge in [-0.15, -0.1) is 0 Å². The second kappa shape index (κ2) is 5.68. The van der Waals surface area contributed by atoms with Crippen molar-refractivity contribution in [2.75, 3.05) is 12.4 Å². The first-order valence-corrected chi connectivity index (χ1v) is 7.32. The molecule has 0 bridgehead atoms. The third-order valence-corrected chi connectivity index (χ3v) is 3.74. The molecule has 0 saturated heterocycles. The highest BCUT2D eigenvalue weighted by atomic mass is 16.5. The zero-order valence-electron chi connectivity index (χ0n) is 12.7. The van der Waals surface area contributed by atoms with Crippen LogP contribution in [0.5, 0.6) is 11.5 Å². The summed E-state index contributed by atoms with van der Waals surface area (Å²) in [6.07, 6.45) is 5.03. The predicted octanol–water partition coefficient (Wildman–Crippen LogP) is 2.85. The minimum absolute atomic E-state index is 0.246. The fourth-order valence-electron chi connectivity index (χ4n) is 2.63. The van der Waals surface area contributed by atoms with Gasteiger partial charge in [0.1, 0.15) is 17.6 Å². The van der Waals surface area contributed by atoms with E-state index in [4.69, 9.17) is 9.47 Å². The number of nitrogens with one attached hydrogen (secondary N) is 1. The van der Waals surface area contributed by atoms with Crippen LogP contribution in [0.1, 0.15) is 25.0 Å². The van der Waals surface area contributed by atoms with E-state index < -0.39 is 0 Å². The van der Waals surface area contributed by atoms with E-state index in [1.54, 1.807) is 7.11 Å². The summed E-state index contributed by atoms with van der Waals surface area (Å²) in [5.41, 5.74) is 3.32. The van der Waals surface area contributed by atoms with E-state index in [0.717, 1.165) is 35.7 Å². The molecule has 5 heteroatoms. The predicted molar refractivity (Wildman–Crippen MR) is 82.0 cm³/mol. The Morgan fingerprint density at radius 1 is 1.48 bits per heavy atom. The van der Waals surface area contributed by atoms with Gasteiger partial charge >= 0.3 is 0 Å². The average molecular weight is 287 g/mol. The summed E-state index contributed by atoms with van der Waals surface area (Å²) in [6, 6.07) is 4.17. The van der Waals surface area contributed by atoms with Gasteiger partial charge in [-0.3, -0.25) is 4.68 Å². The fraction of sp³-hybridized carbons (Fsp3) is 0.438. The van der Waals surface area contributed by atoms with Crippen molar-refractivity contribution in [3.63, 3.8) is 0 Å². The van der Waals surface area contributed by atoms with Crippen LogP contribution in [0.3, 0.4) is 0 Å². The summed E-state index contributed by atoms with van der Waals surface area (Å²) < 4.78 is 13.2. The Labute approximate surface area is 124 Å². The van der Waals surface area contributed by atoms with E-state index in [1.165, 1.54) is 5.56 Å². The van der Waals surface area contributed by atoms with E-state index in [2.05, 4.69) is 36.4 Å². The molecule has 0 amide bonds. The molecule has 2 heterocycles. The monoisotopic (exact) mass is 287 g/mol. The standard InChI is InChI=1S/C16H21N3O2/c1-4-19-10-14(9-18-19)17-8-13-7-16-12(5-11(2)21-16)6-15(13)20-3/h6-7,9-11,17H,4-5,8H2,1-3H3. The lowest BCUT2D eigenvalue weighted by Crippen LogP contribution is -2.05. The normalized spacial score (nSPS) is 16.4. The number of aromatic nitrogens is 2. The smallest absolute Gasteiger partial charge is 0.124 e. The molecule has 0 aliphatic carbocycles. The minimum Gasteiger partial charge on any atom is -0.496 e. The van der Waals surface area contributed by atoms with E-state index in [-0.39, 0.29) is 6.10 Å². The molecule has 5 nitrogen and oxygen atoms in total. The van der Waals surface area contributed by atoms with Crippen molar-refractivity contribution in [2.24, 2.45) is 0 Å². The molecule has 0 radical (unpaired) electrons. The second-order valence-corrected chi connectivity index (χ2v) is 5.34. The Balaban J connectivity index is 1.77. The van der Waals surface area contributed by atoms with E-state index in [1.807, 2.05) is 17.1 Å². The molecule has 1 aromatic heterocycles. The zero-order valence-corrected chi connectivity index (χ0v) is 12.7. The van der Waals surface area contributed by atoms with Gasteiger partial charge in [0.15, 0.2) is 0 Å². The molecule has 112 valence electrons. The summed E-state index contributed by atoms with van der Waals surface area (Å²) in [5, 5.41) is 7.63. The molecule has 0 saturated carbocycles. The van der Waals surface area contributed by atoms with Crippen LogP contribution in [0, 0.1) is 0 Å². The first-order valence-electron chi connectivity index (χ1n) is 7.32. The lowest BCUT2D eigenvalue weighted by molar-refractivity contribution is 0.254. The van der Waals surface area contributed by atoms with Crippen molar-refractivity contribution in [1.29, 1.82) is 0 Å². The maximum atomic E-state index is 5.82. The first kappa shape index (κ1) is 13.8. The number of hydrogen-bond acceptors (Lipinski definition) is 4. The second-order valence-electron chi connectivity index (χ2n) is 5.34. The van der Waals surface area contributed by atoms with Gasteiger partial charge in [0.2, 0.25) is 0 Å². The SMILES string of the molecule is CCn1cc(NCc2cc3c(cc2OC)CC(C)O3)cn1. The largest absolute Gasteiger partial charge is 0.496 e. The zero-order chi connectivity index (χ0) is 14.8. The van der Waals surface area contributed by atoms with Gasteiger partial charge in [-0.25, -0.2) is 0 Å². The number of methoxy groups -OCH3 is 1. The van der Waals surface area contributed by atoms with Gasteiger partial charge in [0, 0.05) is 36.8 Å². The van der Waals surface area contributed by atoms with Gasteiger partial charge in [-0.05, 0) is 26.0 Å². The molecule has 1 atom stereocenters. The highest BCUT2D eigenvalue weighted by Crippen LogP contribution is 2.35. The fourth-order valence-corrected chi connectivity index (χ4v) is 2.63. The van der Waals surface area contributed by atoms with Crippen molar-refractivity contribution in [1.82, 2.24) is 9.78 Å². The number of anilines is 1. The molecule has 1 N–H and O–H groups in total.